The summed E-state index contributed by atoms with van der Waals surface area (Å²) >= 11 is 0. The van der Waals surface area contributed by atoms with Crippen molar-refractivity contribution in [3.05, 3.63) is 18.0 Å². The number of amides is 1. The number of rotatable bonds is 2. The van der Waals surface area contributed by atoms with Crippen LogP contribution in [0.4, 0.5) is 19.1 Å². The Morgan fingerprint density at radius 3 is 2.35 bits per heavy atom. The fraction of sp³-hybridized carbons (Fsp3) is 0.643. The molecule has 0 spiro atoms. The van der Waals surface area contributed by atoms with Gasteiger partial charge in [0.1, 0.15) is 0 Å². The van der Waals surface area contributed by atoms with Crippen molar-refractivity contribution < 1.29 is 18.0 Å². The third kappa shape index (κ3) is 3.54. The van der Waals surface area contributed by atoms with Gasteiger partial charge in [0.25, 0.3) is 0 Å². The summed E-state index contributed by atoms with van der Waals surface area (Å²) in [5, 5.41) is 3.17. The third-order valence-electron chi connectivity index (χ3n) is 4.25. The molecule has 1 N–H and O–H groups in total. The minimum Gasteiger partial charge on any atom is -0.339 e. The Hall–Kier alpha value is -1.90. The van der Waals surface area contributed by atoms with Crippen molar-refractivity contribution in [3.63, 3.8) is 0 Å². The number of nitrogens with one attached hydrogen (secondary N) is 1. The first-order chi connectivity index (χ1) is 10.9. The van der Waals surface area contributed by atoms with E-state index in [1.165, 1.54) is 0 Å². The molecule has 3 heterocycles. The quantitative estimate of drug-likeness (QED) is 0.868. The van der Waals surface area contributed by atoms with Crippen LogP contribution in [0.5, 0.6) is 0 Å². The van der Waals surface area contributed by atoms with Gasteiger partial charge in [0.05, 0.1) is 11.5 Å². The predicted molar refractivity (Wildman–Crippen MR) is 76.8 cm³/mol. The maximum Gasteiger partial charge on any atom is 0.419 e. The van der Waals surface area contributed by atoms with Gasteiger partial charge in [-0.2, -0.15) is 13.2 Å². The standard InChI is InChI=1S/C14H18F3N5O/c15-14(16,17)11-8-19-13(20-9-11)22-5-3-21(4-6-22)12(23)10-1-2-18-7-10/h8-10,18H,1-7H2. The lowest BCUT2D eigenvalue weighted by molar-refractivity contribution is -0.138. The van der Waals surface area contributed by atoms with Gasteiger partial charge >= 0.3 is 6.18 Å². The molecular formula is C14H18F3N5O. The summed E-state index contributed by atoms with van der Waals surface area (Å²) in [5.41, 5.74) is -0.858. The van der Waals surface area contributed by atoms with E-state index in [0.29, 0.717) is 26.2 Å². The largest absolute Gasteiger partial charge is 0.419 e. The summed E-state index contributed by atoms with van der Waals surface area (Å²) in [6.07, 6.45) is -1.98. The second-order valence-corrected chi connectivity index (χ2v) is 5.77. The van der Waals surface area contributed by atoms with Gasteiger partial charge in [-0.15, -0.1) is 0 Å². The molecule has 0 saturated carbocycles. The van der Waals surface area contributed by atoms with E-state index in [2.05, 4.69) is 15.3 Å². The van der Waals surface area contributed by atoms with E-state index >= 15 is 0 Å². The highest BCUT2D eigenvalue weighted by atomic mass is 19.4. The summed E-state index contributed by atoms with van der Waals surface area (Å²) in [6.45, 7) is 3.73. The zero-order chi connectivity index (χ0) is 16.4. The van der Waals surface area contributed by atoms with E-state index in [4.69, 9.17) is 0 Å². The molecule has 1 aromatic heterocycles. The number of carbonyl (C=O) groups is 1. The summed E-state index contributed by atoms with van der Waals surface area (Å²) in [4.78, 5) is 23.5. The van der Waals surface area contributed by atoms with Crippen LogP contribution < -0.4 is 10.2 Å². The molecule has 9 heteroatoms. The Balaban J connectivity index is 1.57. The minimum absolute atomic E-state index is 0.0452. The highest BCUT2D eigenvalue weighted by molar-refractivity contribution is 5.79. The second kappa shape index (κ2) is 6.31. The Bertz CT molecular complexity index is 549. The molecule has 126 valence electrons. The second-order valence-electron chi connectivity index (χ2n) is 5.77. The molecule has 2 aliphatic rings. The van der Waals surface area contributed by atoms with Crippen molar-refractivity contribution in [3.8, 4) is 0 Å². The Kier molecular flexibility index (Phi) is 4.38. The van der Waals surface area contributed by atoms with E-state index in [1.807, 2.05) is 4.90 Å². The van der Waals surface area contributed by atoms with Gasteiger partial charge in [-0.05, 0) is 13.0 Å². The Morgan fingerprint density at radius 2 is 1.83 bits per heavy atom. The van der Waals surface area contributed by atoms with Gasteiger partial charge < -0.3 is 15.1 Å². The van der Waals surface area contributed by atoms with Crippen molar-refractivity contribution in [2.45, 2.75) is 12.6 Å². The normalized spacial score (nSPS) is 22.5. The molecular weight excluding hydrogens is 311 g/mol. The molecule has 0 radical (unpaired) electrons. The molecule has 2 aliphatic heterocycles. The zero-order valence-corrected chi connectivity index (χ0v) is 12.5. The van der Waals surface area contributed by atoms with Gasteiger partial charge in [-0.25, -0.2) is 9.97 Å². The van der Waals surface area contributed by atoms with Gasteiger partial charge in [-0.1, -0.05) is 0 Å². The first kappa shape index (κ1) is 16.0. The molecule has 1 amide bonds. The van der Waals surface area contributed by atoms with E-state index < -0.39 is 11.7 Å². The molecule has 0 aliphatic carbocycles. The van der Waals surface area contributed by atoms with E-state index in [9.17, 15) is 18.0 Å². The van der Waals surface area contributed by atoms with Crippen molar-refractivity contribution in [2.24, 2.45) is 5.92 Å². The molecule has 2 fully saturated rings. The van der Waals surface area contributed by atoms with Crippen LogP contribution in [-0.4, -0.2) is 60.0 Å². The fourth-order valence-electron chi connectivity index (χ4n) is 2.88. The summed E-state index contributed by atoms with van der Waals surface area (Å²) in [7, 11) is 0. The average Bonchev–Trinajstić information content (AvgIpc) is 3.08. The highest BCUT2D eigenvalue weighted by Crippen LogP contribution is 2.28. The molecule has 3 rings (SSSR count). The molecule has 0 aromatic carbocycles. The Morgan fingerprint density at radius 1 is 1.17 bits per heavy atom. The summed E-state index contributed by atoms with van der Waals surface area (Å²) < 4.78 is 37.5. The molecule has 6 nitrogen and oxygen atoms in total. The van der Waals surface area contributed by atoms with Crippen molar-refractivity contribution >= 4 is 11.9 Å². The lowest BCUT2D eigenvalue weighted by Gasteiger charge is -2.35. The van der Waals surface area contributed by atoms with E-state index in [-0.39, 0.29) is 17.8 Å². The molecule has 23 heavy (non-hydrogen) atoms. The van der Waals surface area contributed by atoms with E-state index in [0.717, 1.165) is 31.9 Å². The maximum absolute atomic E-state index is 12.5. The number of alkyl halides is 3. The highest BCUT2D eigenvalue weighted by Gasteiger charge is 2.32. The number of anilines is 1. The number of carbonyl (C=O) groups excluding carboxylic acids is 1. The number of aromatic nitrogens is 2. The number of hydrogen-bond acceptors (Lipinski definition) is 5. The van der Waals surface area contributed by atoms with Crippen LogP contribution in [0, 0.1) is 5.92 Å². The van der Waals surface area contributed by atoms with Crippen molar-refractivity contribution in [1.29, 1.82) is 0 Å². The average molecular weight is 329 g/mol. The lowest BCUT2D eigenvalue weighted by Crippen LogP contribution is -2.51. The van der Waals surface area contributed by atoms with Crippen LogP contribution in [-0.2, 0) is 11.0 Å². The SMILES string of the molecule is O=C(C1CCNC1)N1CCN(c2ncc(C(F)(F)F)cn2)CC1. The molecule has 1 unspecified atom stereocenters. The molecule has 0 bridgehead atoms. The van der Waals surface area contributed by atoms with Crippen LogP contribution in [0.3, 0.4) is 0 Å². The summed E-state index contributed by atoms with van der Waals surface area (Å²) in [5.74, 6) is 0.472. The van der Waals surface area contributed by atoms with Crippen LogP contribution in [0.15, 0.2) is 12.4 Å². The smallest absolute Gasteiger partial charge is 0.339 e. The van der Waals surface area contributed by atoms with Crippen molar-refractivity contribution in [1.82, 2.24) is 20.2 Å². The van der Waals surface area contributed by atoms with Crippen LogP contribution in [0.25, 0.3) is 0 Å². The Labute approximate surface area is 131 Å². The number of halogens is 3. The molecule has 2 saturated heterocycles. The van der Waals surface area contributed by atoms with Crippen LogP contribution >= 0.6 is 0 Å². The van der Waals surface area contributed by atoms with Crippen LogP contribution in [0.2, 0.25) is 0 Å². The number of hydrogen-bond donors (Lipinski definition) is 1. The topological polar surface area (TPSA) is 61.4 Å². The van der Waals surface area contributed by atoms with Gasteiger partial charge in [0.2, 0.25) is 11.9 Å². The lowest BCUT2D eigenvalue weighted by atomic mass is 10.1. The molecule has 1 atom stereocenters. The van der Waals surface area contributed by atoms with E-state index in [1.54, 1.807) is 4.90 Å². The first-order valence-corrected chi connectivity index (χ1v) is 7.59. The van der Waals surface area contributed by atoms with Gasteiger partial charge in [0, 0.05) is 45.1 Å². The van der Waals surface area contributed by atoms with Gasteiger partial charge in [-0.3, -0.25) is 4.79 Å². The van der Waals surface area contributed by atoms with Gasteiger partial charge in [0.15, 0.2) is 0 Å². The third-order valence-corrected chi connectivity index (χ3v) is 4.25. The van der Waals surface area contributed by atoms with Crippen molar-refractivity contribution in [2.75, 3.05) is 44.2 Å². The fourth-order valence-corrected chi connectivity index (χ4v) is 2.88. The maximum atomic E-state index is 12.5. The van der Waals surface area contributed by atoms with Crippen LogP contribution in [0.1, 0.15) is 12.0 Å². The molecule has 1 aromatic rings. The zero-order valence-electron chi connectivity index (χ0n) is 12.5. The minimum atomic E-state index is -4.43. The number of piperazine rings is 1. The number of nitrogens with zero attached hydrogens (tertiary/aromatic N) is 4. The monoisotopic (exact) mass is 329 g/mol. The first-order valence-electron chi connectivity index (χ1n) is 7.59. The summed E-state index contributed by atoms with van der Waals surface area (Å²) in [6, 6.07) is 0. The predicted octanol–water partition coefficient (Wildman–Crippen LogP) is 0.754.